The molecule has 1 aromatic heterocycles. The Morgan fingerprint density at radius 3 is 2.44 bits per heavy atom. The molecule has 1 aliphatic carbocycles. The summed E-state index contributed by atoms with van der Waals surface area (Å²) in [5.41, 5.74) is 6.47. The molecule has 162 valence electrons. The van der Waals surface area contributed by atoms with E-state index in [2.05, 4.69) is 64.2 Å². The maximum Gasteiger partial charge on any atom is 0.337 e. The number of carbonyl (C=O) groups excluding carboxylic acids is 1. The van der Waals surface area contributed by atoms with E-state index in [4.69, 9.17) is 4.74 Å². The van der Waals surface area contributed by atoms with Gasteiger partial charge in [0.1, 0.15) is 0 Å². The highest BCUT2D eigenvalue weighted by molar-refractivity contribution is 5.89. The van der Waals surface area contributed by atoms with Crippen LogP contribution in [0.4, 0.5) is 5.69 Å². The Bertz CT molecular complexity index is 1240. The first-order chi connectivity index (χ1) is 15.6. The number of hydrogen-bond acceptors (Lipinski definition) is 4. The van der Waals surface area contributed by atoms with Crippen LogP contribution >= 0.6 is 0 Å². The van der Waals surface area contributed by atoms with Crippen LogP contribution in [0.1, 0.15) is 28.8 Å². The summed E-state index contributed by atoms with van der Waals surface area (Å²) in [5, 5.41) is 5.79. The first kappa shape index (κ1) is 20.3. The maximum absolute atomic E-state index is 11.6. The Kier molecular flexibility index (Phi) is 5.39. The average molecular weight is 426 g/mol. The Hall–Kier alpha value is -3.60. The number of rotatable bonds is 7. The van der Waals surface area contributed by atoms with Gasteiger partial charge in [-0.15, -0.1) is 0 Å². The van der Waals surface area contributed by atoms with E-state index in [-0.39, 0.29) is 5.97 Å². The van der Waals surface area contributed by atoms with Crippen LogP contribution in [0.15, 0.2) is 72.9 Å². The van der Waals surface area contributed by atoms with Crippen molar-refractivity contribution < 1.29 is 9.53 Å². The summed E-state index contributed by atoms with van der Waals surface area (Å²) in [6.45, 7) is 1.79. The molecule has 0 unspecified atom stereocenters. The summed E-state index contributed by atoms with van der Waals surface area (Å²) in [6.07, 6.45) is 4.65. The third kappa shape index (κ3) is 4.24. The zero-order chi connectivity index (χ0) is 22.1. The van der Waals surface area contributed by atoms with Gasteiger partial charge in [-0.25, -0.2) is 4.79 Å². The van der Waals surface area contributed by atoms with Crippen molar-refractivity contribution in [3.05, 3.63) is 84.1 Å². The van der Waals surface area contributed by atoms with Gasteiger partial charge in [-0.2, -0.15) is 5.10 Å². The first-order valence-electron chi connectivity index (χ1n) is 11.0. The Morgan fingerprint density at radius 1 is 1.03 bits per heavy atom. The lowest BCUT2D eigenvalue weighted by Crippen LogP contribution is -2.16. The molecular formula is C27H27N3O2. The fourth-order valence-corrected chi connectivity index (χ4v) is 4.09. The number of benzene rings is 3. The second-order valence-electron chi connectivity index (χ2n) is 8.64. The molecule has 1 heterocycles. The van der Waals surface area contributed by atoms with Crippen LogP contribution in [0.25, 0.3) is 22.0 Å². The minimum Gasteiger partial charge on any atom is -0.465 e. The van der Waals surface area contributed by atoms with Crippen LogP contribution in [-0.4, -0.2) is 29.9 Å². The van der Waals surface area contributed by atoms with Crippen LogP contribution < -0.4 is 4.90 Å². The topological polar surface area (TPSA) is 47.4 Å². The van der Waals surface area contributed by atoms with Crippen LogP contribution in [0.5, 0.6) is 0 Å². The van der Waals surface area contributed by atoms with Crippen molar-refractivity contribution in [2.75, 3.05) is 19.1 Å². The summed E-state index contributed by atoms with van der Waals surface area (Å²) in [6, 6.07) is 22.8. The number of nitrogens with zero attached hydrogens (tertiary/aromatic N) is 3. The van der Waals surface area contributed by atoms with Crippen molar-refractivity contribution in [1.29, 1.82) is 0 Å². The highest BCUT2D eigenvalue weighted by Gasteiger charge is 2.22. The standard InChI is InChI=1S/C27H27N3O2/c1-29(17-19-5-7-22(8-6-19)27(31)32-2)25-12-9-21(10-13-25)23-11-14-26-24(15-23)16-28-30(26)18-20-3-4-20/h5-16,20H,3-4,17-18H2,1-2H3. The van der Waals surface area contributed by atoms with Gasteiger partial charge in [0.2, 0.25) is 0 Å². The molecule has 0 bridgehead atoms. The second-order valence-corrected chi connectivity index (χ2v) is 8.64. The minimum atomic E-state index is -0.311. The van der Waals surface area contributed by atoms with Crippen molar-refractivity contribution >= 4 is 22.6 Å². The lowest BCUT2D eigenvalue weighted by Gasteiger charge is -2.20. The molecule has 0 radical (unpaired) electrons. The van der Waals surface area contributed by atoms with E-state index in [1.807, 2.05) is 18.3 Å². The van der Waals surface area contributed by atoms with Gasteiger partial charge in [0.15, 0.2) is 0 Å². The van der Waals surface area contributed by atoms with Gasteiger partial charge in [0.05, 0.1) is 24.4 Å². The Labute approximate surface area is 188 Å². The molecule has 0 N–H and O–H groups in total. The molecule has 5 heteroatoms. The molecule has 5 rings (SSSR count). The summed E-state index contributed by atoms with van der Waals surface area (Å²) in [4.78, 5) is 13.8. The van der Waals surface area contributed by atoms with Crippen molar-refractivity contribution in [1.82, 2.24) is 9.78 Å². The van der Waals surface area contributed by atoms with E-state index in [9.17, 15) is 4.79 Å². The second kappa shape index (κ2) is 8.50. The number of aromatic nitrogens is 2. The molecule has 5 nitrogen and oxygen atoms in total. The molecule has 4 aromatic rings. The number of methoxy groups -OCH3 is 1. The molecule has 0 spiro atoms. The molecule has 1 saturated carbocycles. The van der Waals surface area contributed by atoms with E-state index < -0.39 is 0 Å². The quantitative estimate of drug-likeness (QED) is 0.365. The monoisotopic (exact) mass is 425 g/mol. The average Bonchev–Trinajstić information content (AvgIpc) is 3.57. The molecule has 0 saturated heterocycles. The number of anilines is 1. The van der Waals surface area contributed by atoms with Gasteiger partial charge in [0, 0.05) is 31.2 Å². The number of fused-ring (bicyclic) bond motifs is 1. The predicted molar refractivity (Wildman–Crippen MR) is 128 cm³/mol. The SMILES string of the molecule is COC(=O)c1ccc(CN(C)c2ccc(-c3ccc4c(cnn4CC4CC4)c3)cc2)cc1. The lowest BCUT2D eigenvalue weighted by atomic mass is 10.0. The first-order valence-corrected chi connectivity index (χ1v) is 11.0. The normalized spacial score (nSPS) is 13.3. The fourth-order valence-electron chi connectivity index (χ4n) is 4.09. The smallest absolute Gasteiger partial charge is 0.337 e. The zero-order valence-electron chi connectivity index (χ0n) is 18.5. The van der Waals surface area contributed by atoms with Gasteiger partial charge in [-0.3, -0.25) is 4.68 Å². The molecular weight excluding hydrogens is 398 g/mol. The minimum absolute atomic E-state index is 0.311. The Morgan fingerprint density at radius 2 is 1.75 bits per heavy atom. The van der Waals surface area contributed by atoms with Crippen molar-refractivity contribution in [2.24, 2.45) is 5.92 Å². The van der Waals surface area contributed by atoms with Crippen molar-refractivity contribution in [3.63, 3.8) is 0 Å². The third-order valence-corrected chi connectivity index (χ3v) is 6.21. The van der Waals surface area contributed by atoms with Gasteiger partial charge in [0.25, 0.3) is 0 Å². The number of carbonyl (C=O) groups is 1. The van der Waals surface area contributed by atoms with E-state index in [0.717, 1.165) is 30.3 Å². The van der Waals surface area contributed by atoms with Gasteiger partial charge in [-0.1, -0.05) is 30.3 Å². The molecule has 0 amide bonds. The number of esters is 1. The number of ether oxygens (including phenoxy) is 1. The summed E-state index contributed by atoms with van der Waals surface area (Å²) in [5.74, 6) is 0.502. The molecule has 0 atom stereocenters. The third-order valence-electron chi connectivity index (χ3n) is 6.21. The van der Waals surface area contributed by atoms with E-state index in [0.29, 0.717) is 5.56 Å². The zero-order valence-corrected chi connectivity index (χ0v) is 18.5. The molecule has 0 aliphatic heterocycles. The van der Waals surface area contributed by atoms with Crippen LogP contribution in [0, 0.1) is 5.92 Å². The molecule has 3 aromatic carbocycles. The highest BCUT2D eigenvalue weighted by Crippen LogP contribution is 2.32. The molecule has 32 heavy (non-hydrogen) atoms. The number of hydrogen-bond donors (Lipinski definition) is 0. The fraction of sp³-hybridized carbons (Fsp3) is 0.259. The lowest BCUT2D eigenvalue weighted by molar-refractivity contribution is 0.0600. The largest absolute Gasteiger partial charge is 0.465 e. The highest BCUT2D eigenvalue weighted by atomic mass is 16.5. The summed E-state index contributed by atoms with van der Waals surface area (Å²) >= 11 is 0. The van der Waals surface area contributed by atoms with E-state index >= 15 is 0 Å². The van der Waals surface area contributed by atoms with Gasteiger partial charge >= 0.3 is 5.97 Å². The van der Waals surface area contributed by atoms with Crippen molar-refractivity contribution in [2.45, 2.75) is 25.9 Å². The maximum atomic E-state index is 11.6. The summed E-state index contributed by atoms with van der Waals surface area (Å²) in [7, 11) is 3.47. The Balaban J connectivity index is 1.28. The molecule has 1 aliphatic rings. The van der Waals surface area contributed by atoms with Crippen LogP contribution in [0.2, 0.25) is 0 Å². The van der Waals surface area contributed by atoms with Crippen LogP contribution in [-0.2, 0) is 17.8 Å². The van der Waals surface area contributed by atoms with E-state index in [1.165, 1.54) is 42.0 Å². The van der Waals surface area contributed by atoms with Crippen molar-refractivity contribution in [3.8, 4) is 11.1 Å². The van der Waals surface area contributed by atoms with Gasteiger partial charge < -0.3 is 9.64 Å². The molecule has 1 fully saturated rings. The van der Waals surface area contributed by atoms with Gasteiger partial charge in [-0.05, 0) is 71.8 Å². The summed E-state index contributed by atoms with van der Waals surface area (Å²) < 4.78 is 6.91. The predicted octanol–water partition coefficient (Wildman–Crippen LogP) is 5.54. The van der Waals surface area contributed by atoms with E-state index in [1.54, 1.807) is 12.1 Å². The van der Waals surface area contributed by atoms with Crippen LogP contribution in [0.3, 0.4) is 0 Å².